The predicted octanol–water partition coefficient (Wildman–Crippen LogP) is 5.96. The minimum Gasteiger partial charge on any atom is -0.325 e. The van der Waals surface area contributed by atoms with Crippen LogP contribution in [-0.2, 0) is 24.7 Å². The van der Waals surface area contributed by atoms with Crippen LogP contribution in [0.4, 0.5) is 27.6 Å². The maximum atomic E-state index is 14.4. The number of fused-ring (bicyclic) bond motifs is 1. The highest BCUT2D eigenvalue weighted by molar-refractivity contribution is 6.10. The Balaban J connectivity index is 1.46. The van der Waals surface area contributed by atoms with Gasteiger partial charge in [-0.25, -0.2) is 8.78 Å². The lowest BCUT2D eigenvalue weighted by atomic mass is 9.60. The predicted molar refractivity (Wildman–Crippen MR) is 155 cm³/mol. The van der Waals surface area contributed by atoms with E-state index >= 15 is 0 Å². The summed E-state index contributed by atoms with van der Waals surface area (Å²) in [6, 6.07) is 9.37. The minimum absolute atomic E-state index is 0.00596. The molecule has 3 aliphatic rings. The van der Waals surface area contributed by atoms with Crippen molar-refractivity contribution in [3.05, 3.63) is 64.2 Å². The topological polar surface area (TPSA) is 77.7 Å². The molecular formula is C31H37F5N6O. The molecule has 43 heavy (non-hydrogen) atoms. The van der Waals surface area contributed by atoms with Crippen molar-refractivity contribution in [1.29, 1.82) is 10.8 Å². The Morgan fingerprint density at radius 3 is 2.51 bits per heavy atom. The summed E-state index contributed by atoms with van der Waals surface area (Å²) < 4.78 is 71.5. The highest BCUT2D eigenvalue weighted by atomic mass is 19.4. The van der Waals surface area contributed by atoms with Crippen molar-refractivity contribution in [2.24, 2.45) is 0 Å². The fraction of sp³-hybridized carbons (Fsp3) is 0.516. The smallest absolute Gasteiger partial charge is 0.325 e. The van der Waals surface area contributed by atoms with Gasteiger partial charge in [0.15, 0.2) is 0 Å². The molecule has 2 aliphatic heterocycles. The van der Waals surface area contributed by atoms with Gasteiger partial charge in [0.2, 0.25) is 5.92 Å². The largest absolute Gasteiger partial charge is 0.416 e. The normalized spacial score (nSPS) is 21.8. The number of halogens is 5. The van der Waals surface area contributed by atoms with Crippen LogP contribution in [0.25, 0.3) is 0 Å². The van der Waals surface area contributed by atoms with Crippen LogP contribution < -0.4 is 4.90 Å². The third-order valence-electron chi connectivity index (χ3n) is 9.16. The first-order valence-electron chi connectivity index (χ1n) is 14.4. The van der Waals surface area contributed by atoms with Crippen LogP contribution in [0.1, 0.15) is 65.2 Å². The van der Waals surface area contributed by atoms with Crippen LogP contribution in [0.5, 0.6) is 0 Å². The molecule has 0 spiro atoms. The van der Waals surface area contributed by atoms with Gasteiger partial charge in [0, 0.05) is 75.2 Å². The third-order valence-corrected chi connectivity index (χ3v) is 9.16. The number of piperazine rings is 1. The maximum Gasteiger partial charge on any atom is 0.416 e. The molecule has 0 aromatic heterocycles. The lowest BCUT2D eigenvalue weighted by Gasteiger charge is -2.48. The molecule has 1 aliphatic carbocycles. The Bertz CT molecular complexity index is 1420. The second-order valence-corrected chi connectivity index (χ2v) is 12.3. The second-order valence-electron chi connectivity index (χ2n) is 12.3. The lowest BCUT2D eigenvalue weighted by molar-refractivity contribution is -0.138. The van der Waals surface area contributed by atoms with Crippen molar-refractivity contribution < 1.29 is 26.7 Å². The molecule has 2 fully saturated rings. The average molecular weight is 605 g/mol. The number of anilines is 1. The quantitative estimate of drug-likeness (QED) is 0.221. The average Bonchev–Trinajstić information content (AvgIpc) is 3.27. The molecule has 0 radical (unpaired) electrons. The van der Waals surface area contributed by atoms with E-state index in [1.165, 1.54) is 16.8 Å². The standard InChI is InChI=1S/C31H37F5N6O/c1-4-22-15-39(2)8-9-41(22)14-20-10-24-25(26(11-20)31(34,35)36)16-42(28(24)43)23-7-5-6-21(12-23)29(17-30(32,33)18-29)13-27(38)40(3)19-37/h5-7,10-12,19,22,37-38H,4,8-9,13-18H2,1-3H3/t22-/m0/s1. The zero-order valence-corrected chi connectivity index (χ0v) is 24.6. The molecule has 1 amide bonds. The first-order valence-corrected chi connectivity index (χ1v) is 14.4. The van der Waals surface area contributed by atoms with Crippen molar-refractivity contribution in [2.75, 3.05) is 38.6 Å². The summed E-state index contributed by atoms with van der Waals surface area (Å²) in [5.74, 6) is -3.49. The minimum atomic E-state index is -4.66. The highest BCUT2D eigenvalue weighted by Crippen LogP contribution is 2.56. The van der Waals surface area contributed by atoms with E-state index < -0.39 is 41.8 Å². The van der Waals surface area contributed by atoms with Crippen LogP contribution in [0.15, 0.2) is 36.4 Å². The number of alkyl halides is 5. The molecule has 1 saturated heterocycles. The molecule has 0 bridgehead atoms. The zero-order valence-electron chi connectivity index (χ0n) is 24.6. The Kier molecular flexibility index (Phi) is 8.14. The van der Waals surface area contributed by atoms with Gasteiger partial charge in [0.05, 0.1) is 18.4 Å². The summed E-state index contributed by atoms with van der Waals surface area (Å²) in [5, 5.41) is 15.7. The van der Waals surface area contributed by atoms with Gasteiger partial charge in [0.25, 0.3) is 5.91 Å². The Hall–Kier alpha value is -3.38. The fourth-order valence-corrected chi connectivity index (χ4v) is 6.80. The fourth-order valence-electron chi connectivity index (χ4n) is 6.80. The third kappa shape index (κ3) is 6.04. The molecule has 2 aromatic rings. The van der Waals surface area contributed by atoms with Gasteiger partial charge in [-0.05, 0) is 54.4 Å². The van der Waals surface area contributed by atoms with Gasteiger partial charge in [-0.2, -0.15) is 13.2 Å². The van der Waals surface area contributed by atoms with Crippen molar-refractivity contribution in [1.82, 2.24) is 14.7 Å². The van der Waals surface area contributed by atoms with Gasteiger partial charge >= 0.3 is 6.18 Å². The second kappa shape index (κ2) is 11.3. The number of amidine groups is 1. The number of benzene rings is 2. The highest BCUT2D eigenvalue weighted by Gasteiger charge is 2.57. The van der Waals surface area contributed by atoms with Crippen molar-refractivity contribution in [3.63, 3.8) is 0 Å². The van der Waals surface area contributed by atoms with E-state index in [9.17, 15) is 26.7 Å². The molecule has 7 nitrogen and oxygen atoms in total. The summed E-state index contributed by atoms with van der Waals surface area (Å²) in [4.78, 5) is 20.6. The van der Waals surface area contributed by atoms with Gasteiger partial charge in [-0.1, -0.05) is 19.1 Å². The van der Waals surface area contributed by atoms with Gasteiger partial charge in [0.1, 0.15) is 5.84 Å². The number of likely N-dealkylation sites (N-methyl/N-ethyl adjacent to an activating group) is 1. The van der Waals surface area contributed by atoms with E-state index in [-0.39, 0.29) is 36.0 Å². The summed E-state index contributed by atoms with van der Waals surface area (Å²) in [6.45, 7) is 4.42. The summed E-state index contributed by atoms with van der Waals surface area (Å²) in [7, 11) is 3.52. The van der Waals surface area contributed by atoms with Crippen LogP contribution in [0.2, 0.25) is 0 Å². The van der Waals surface area contributed by atoms with Crippen molar-refractivity contribution >= 4 is 23.8 Å². The van der Waals surface area contributed by atoms with Crippen LogP contribution >= 0.6 is 0 Å². The Morgan fingerprint density at radius 2 is 1.88 bits per heavy atom. The molecular weight excluding hydrogens is 567 g/mol. The van der Waals surface area contributed by atoms with Gasteiger partial charge in [-0.15, -0.1) is 0 Å². The summed E-state index contributed by atoms with van der Waals surface area (Å²) >= 11 is 0. The molecule has 5 rings (SSSR count). The van der Waals surface area contributed by atoms with Gasteiger partial charge in [-0.3, -0.25) is 20.5 Å². The zero-order chi connectivity index (χ0) is 31.3. The molecule has 232 valence electrons. The van der Waals surface area contributed by atoms with Crippen LogP contribution in [0.3, 0.4) is 0 Å². The van der Waals surface area contributed by atoms with E-state index in [1.54, 1.807) is 30.3 Å². The first-order chi connectivity index (χ1) is 20.2. The monoisotopic (exact) mass is 604 g/mol. The number of carbonyl (C=O) groups is 1. The molecule has 2 aromatic carbocycles. The number of nitrogens with zero attached hydrogens (tertiary/aromatic N) is 4. The van der Waals surface area contributed by atoms with E-state index in [4.69, 9.17) is 10.8 Å². The van der Waals surface area contributed by atoms with Crippen molar-refractivity contribution in [2.45, 2.75) is 69.3 Å². The van der Waals surface area contributed by atoms with Gasteiger partial charge < -0.3 is 14.7 Å². The van der Waals surface area contributed by atoms with Crippen molar-refractivity contribution in [3.8, 4) is 0 Å². The number of hydrogen-bond acceptors (Lipinski definition) is 5. The van der Waals surface area contributed by atoms with E-state index in [0.29, 0.717) is 29.9 Å². The van der Waals surface area contributed by atoms with E-state index in [0.717, 1.165) is 31.9 Å². The number of hydrogen-bond donors (Lipinski definition) is 2. The number of amides is 1. The van der Waals surface area contributed by atoms with E-state index in [2.05, 4.69) is 16.7 Å². The van der Waals surface area contributed by atoms with E-state index in [1.807, 2.05) is 7.05 Å². The number of rotatable bonds is 8. The Labute approximate surface area is 248 Å². The number of nitrogens with one attached hydrogen (secondary N) is 2. The maximum absolute atomic E-state index is 14.4. The van der Waals surface area contributed by atoms with Crippen LogP contribution in [-0.4, -0.2) is 78.5 Å². The molecule has 12 heteroatoms. The molecule has 0 unspecified atom stereocenters. The van der Waals surface area contributed by atoms with Crippen LogP contribution in [0, 0.1) is 10.8 Å². The molecule has 2 N–H and O–H groups in total. The number of carbonyl (C=O) groups excluding carboxylic acids is 1. The Morgan fingerprint density at radius 1 is 1.16 bits per heavy atom. The lowest BCUT2D eigenvalue weighted by Crippen LogP contribution is -2.51. The summed E-state index contributed by atoms with van der Waals surface area (Å²) in [5.41, 5.74) is -0.755. The summed E-state index contributed by atoms with van der Waals surface area (Å²) in [6.07, 6.45) is -3.92. The first kappa shape index (κ1) is 31.1. The molecule has 1 atom stereocenters. The SMILES string of the molecule is CC[C@H]1CN(C)CCN1Cc1cc2c(c(C(F)(F)F)c1)CN(c1cccc(C3(CC(=N)N(C)C=N)CC(F)(F)C3)c1)C2=O. The molecule has 2 heterocycles. The molecule has 1 saturated carbocycles.